The third-order valence-electron chi connectivity index (χ3n) is 11.1. The Morgan fingerprint density at radius 2 is 0.895 bits per heavy atom. The molecule has 0 aliphatic rings. The van der Waals surface area contributed by atoms with Gasteiger partial charge in [-0.2, -0.15) is 0 Å². The smallest absolute Gasteiger partial charge is 0.167 e. The predicted octanol–water partition coefficient (Wildman–Crippen LogP) is 13.4. The van der Waals surface area contributed by atoms with E-state index < -0.39 is 0 Å². The molecule has 4 aromatic heterocycles. The number of aromatic nitrogens is 4. The van der Waals surface area contributed by atoms with Gasteiger partial charge in [-0.3, -0.25) is 0 Å². The molecule has 0 bridgehead atoms. The van der Waals surface area contributed by atoms with Gasteiger partial charge in [0.05, 0.1) is 16.6 Å². The Hall–Kier alpha value is -7.83. The van der Waals surface area contributed by atoms with Gasteiger partial charge in [0.2, 0.25) is 0 Å². The second kappa shape index (κ2) is 12.3. The number of nitrogens with zero attached hydrogens (tertiary/aromatic N) is 4. The number of furan rings is 2. The van der Waals surface area contributed by atoms with Gasteiger partial charge in [0.15, 0.2) is 17.5 Å². The molecule has 0 N–H and O–H groups in total. The molecule has 57 heavy (non-hydrogen) atoms. The first-order chi connectivity index (χ1) is 28.2. The molecule has 12 rings (SSSR count). The quantitative estimate of drug-likeness (QED) is 0.176. The van der Waals surface area contributed by atoms with Crippen molar-refractivity contribution in [2.24, 2.45) is 0 Å². The fraction of sp³-hybridized carbons (Fsp3) is 0. The lowest BCUT2D eigenvalue weighted by Gasteiger charge is -2.11. The summed E-state index contributed by atoms with van der Waals surface area (Å²) in [4.78, 5) is 15.2. The van der Waals surface area contributed by atoms with Gasteiger partial charge in [-0.1, -0.05) is 133 Å². The molecule has 0 saturated carbocycles. The summed E-state index contributed by atoms with van der Waals surface area (Å²) in [5.41, 5.74) is 11.2. The van der Waals surface area contributed by atoms with Crippen LogP contribution in [0.1, 0.15) is 0 Å². The summed E-state index contributed by atoms with van der Waals surface area (Å²) in [5, 5.41) is 6.56. The molecule has 266 valence electrons. The van der Waals surface area contributed by atoms with Crippen LogP contribution in [0.3, 0.4) is 0 Å². The lowest BCUT2D eigenvalue weighted by Crippen LogP contribution is -2.00. The molecule has 12 aromatic rings. The third kappa shape index (κ3) is 4.94. The van der Waals surface area contributed by atoms with Gasteiger partial charge >= 0.3 is 0 Å². The van der Waals surface area contributed by atoms with Crippen LogP contribution in [0, 0.1) is 0 Å². The van der Waals surface area contributed by atoms with Crippen molar-refractivity contribution in [3.8, 4) is 51.0 Å². The summed E-state index contributed by atoms with van der Waals surface area (Å²) in [7, 11) is 0. The molecule has 0 amide bonds. The van der Waals surface area contributed by atoms with E-state index in [4.69, 9.17) is 23.8 Å². The first-order valence-corrected chi connectivity index (χ1v) is 19.0. The Bertz CT molecular complexity index is 3470. The number of para-hydroxylation sites is 4. The molecule has 4 heterocycles. The summed E-state index contributed by atoms with van der Waals surface area (Å²) in [5.74, 6) is 1.66. The van der Waals surface area contributed by atoms with Crippen molar-refractivity contribution in [3.05, 3.63) is 182 Å². The molecule has 6 heteroatoms. The summed E-state index contributed by atoms with van der Waals surface area (Å²) < 4.78 is 15.7. The van der Waals surface area contributed by atoms with E-state index in [2.05, 4.69) is 120 Å². The zero-order chi connectivity index (χ0) is 37.5. The highest BCUT2D eigenvalue weighted by Crippen LogP contribution is 2.42. The van der Waals surface area contributed by atoms with Gasteiger partial charge in [0.25, 0.3) is 0 Å². The maximum Gasteiger partial charge on any atom is 0.167 e. The first-order valence-electron chi connectivity index (χ1n) is 19.0. The molecule has 0 atom stereocenters. The van der Waals surface area contributed by atoms with E-state index in [-0.39, 0.29) is 0 Å². The van der Waals surface area contributed by atoms with Crippen LogP contribution in [-0.4, -0.2) is 19.5 Å². The molecular formula is C51H30N4O2. The molecule has 0 aliphatic heterocycles. The van der Waals surface area contributed by atoms with Gasteiger partial charge < -0.3 is 13.4 Å². The maximum absolute atomic E-state index is 6.87. The molecule has 0 unspecified atom stereocenters. The van der Waals surface area contributed by atoms with Gasteiger partial charge in [0.1, 0.15) is 22.3 Å². The van der Waals surface area contributed by atoms with E-state index in [1.165, 1.54) is 10.8 Å². The van der Waals surface area contributed by atoms with E-state index in [9.17, 15) is 0 Å². The number of rotatable bonds is 5. The highest BCUT2D eigenvalue weighted by molar-refractivity contribution is 6.13. The highest BCUT2D eigenvalue weighted by atomic mass is 16.3. The average molecular weight is 731 g/mol. The number of hydrogen-bond acceptors (Lipinski definition) is 5. The van der Waals surface area contributed by atoms with Crippen LogP contribution >= 0.6 is 0 Å². The average Bonchev–Trinajstić information content (AvgIpc) is 3.96. The van der Waals surface area contributed by atoms with E-state index in [1.54, 1.807) is 0 Å². The zero-order valence-electron chi connectivity index (χ0n) is 30.4. The fourth-order valence-corrected chi connectivity index (χ4v) is 8.43. The number of fused-ring (bicyclic) bond motifs is 9. The number of hydrogen-bond donors (Lipinski definition) is 0. The van der Waals surface area contributed by atoms with Crippen LogP contribution in [-0.2, 0) is 0 Å². The maximum atomic E-state index is 6.87. The second-order valence-corrected chi connectivity index (χ2v) is 14.4. The summed E-state index contributed by atoms with van der Waals surface area (Å²) in [6.07, 6.45) is 0. The van der Waals surface area contributed by atoms with Crippen molar-refractivity contribution in [1.82, 2.24) is 19.5 Å². The zero-order valence-corrected chi connectivity index (χ0v) is 30.4. The fourth-order valence-electron chi connectivity index (χ4n) is 8.43. The van der Waals surface area contributed by atoms with Gasteiger partial charge in [-0.15, -0.1) is 0 Å². The topological polar surface area (TPSA) is 69.9 Å². The molecule has 0 fully saturated rings. The van der Waals surface area contributed by atoms with E-state index in [0.29, 0.717) is 17.5 Å². The standard InChI is InChI=1S/C51H30N4O2/c1-3-14-31(15-4-1)41-29-34(55-43-23-10-7-18-35(43)36-19-8-11-24-44(36)55)30-42-38-27-26-33(28-46(38)57-48(41)42)50-52-49(32-16-5-2-6-17-32)53-51(54-50)40-22-13-21-39-37-20-9-12-25-45(37)56-47(39)40/h1-30H. The minimum Gasteiger partial charge on any atom is -0.455 e. The van der Waals surface area contributed by atoms with Crippen LogP contribution in [0.2, 0.25) is 0 Å². The third-order valence-corrected chi connectivity index (χ3v) is 11.1. The normalized spacial score (nSPS) is 11.9. The molecule has 6 nitrogen and oxygen atoms in total. The molecule has 0 aliphatic carbocycles. The van der Waals surface area contributed by atoms with E-state index in [0.717, 1.165) is 88.4 Å². The van der Waals surface area contributed by atoms with Crippen molar-refractivity contribution in [2.75, 3.05) is 0 Å². The Balaban J connectivity index is 1.08. The van der Waals surface area contributed by atoms with Crippen molar-refractivity contribution in [1.29, 1.82) is 0 Å². The monoisotopic (exact) mass is 730 g/mol. The van der Waals surface area contributed by atoms with Crippen LogP contribution in [0.15, 0.2) is 191 Å². The van der Waals surface area contributed by atoms with Crippen LogP contribution in [0.5, 0.6) is 0 Å². The van der Waals surface area contributed by atoms with Crippen LogP contribution in [0.25, 0.3) is 117 Å². The van der Waals surface area contributed by atoms with Crippen molar-refractivity contribution < 1.29 is 8.83 Å². The first kappa shape index (κ1) is 31.5. The largest absolute Gasteiger partial charge is 0.455 e. The Morgan fingerprint density at radius 1 is 0.333 bits per heavy atom. The van der Waals surface area contributed by atoms with Crippen molar-refractivity contribution in [2.45, 2.75) is 0 Å². The molecule has 8 aromatic carbocycles. The minimum atomic E-state index is 0.537. The second-order valence-electron chi connectivity index (χ2n) is 14.4. The Morgan fingerprint density at radius 3 is 1.65 bits per heavy atom. The predicted molar refractivity (Wildman–Crippen MR) is 230 cm³/mol. The molecule has 0 spiro atoms. The van der Waals surface area contributed by atoms with Crippen molar-refractivity contribution in [3.63, 3.8) is 0 Å². The SMILES string of the molecule is c1ccc(-c2nc(-c3ccc4c(c3)oc3c(-c5ccccc5)cc(-n5c6ccccc6c6ccccc65)cc34)nc(-c3cccc4c3oc3ccccc34)n2)cc1. The van der Waals surface area contributed by atoms with E-state index in [1.807, 2.05) is 66.7 Å². The summed E-state index contributed by atoms with van der Waals surface area (Å²) >= 11 is 0. The Kier molecular flexibility index (Phi) is 6.83. The molecule has 0 radical (unpaired) electrons. The van der Waals surface area contributed by atoms with Gasteiger partial charge in [-0.05, 0) is 54.1 Å². The van der Waals surface area contributed by atoms with Gasteiger partial charge in [0, 0.05) is 54.7 Å². The van der Waals surface area contributed by atoms with E-state index >= 15 is 0 Å². The van der Waals surface area contributed by atoms with Crippen LogP contribution in [0.4, 0.5) is 0 Å². The summed E-state index contributed by atoms with van der Waals surface area (Å²) in [6.45, 7) is 0. The highest BCUT2D eigenvalue weighted by Gasteiger charge is 2.21. The lowest BCUT2D eigenvalue weighted by molar-refractivity contribution is 0.669. The minimum absolute atomic E-state index is 0.537. The lowest BCUT2D eigenvalue weighted by atomic mass is 10.0. The van der Waals surface area contributed by atoms with Crippen LogP contribution < -0.4 is 0 Å². The van der Waals surface area contributed by atoms with Crippen molar-refractivity contribution >= 4 is 65.7 Å². The summed E-state index contributed by atoms with van der Waals surface area (Å²) in [6, 6.07) is 62.7. The van der Waals surface area contributed by atoms with Gasteiger partial charge in [-0.25, -0.2) is 15.0 Å². The Labute approximate surface area is 325 Å². The molecule has 0 saturated heterocycles. The molecular weight excluding hydrogens is 701 g/mol. The number of benzene rings is 8.